The van der Waals surface area contributed by atoms with Crippen LogP contribution in [0.3, 0.4) is 0 Å². The molecule has 2 aromatic rings. The summed E-state index contributed by atoms with van der Waals surface area (Å²) in [7, 11) is 0. The summed E-state index contributed by atoms with van der Waals surface area (Å²) in [6.45, 7) is 6.62. The molecular weight excluding hydrogens is 254 g/mol. The van der Waals surface area contributed by atoms with Gasteiger partial charge in [0.2, 0.25) is 0 Å². The standard InChI is InChI=1S/C20H27N/c1-15(2)18-10-8-17(9-11-18)14-20(21)13-12-19-7-5-4-6-16(19)3/h4-11,15,20H,12-14,21H2,1-3H3. The van der Waals surface area contributed by atoms with Crippen molar-refractivity contribution in [2.75, 3.05) is 0 Å². The summed E-state index contributed by atoms with van der Waals surface area (Å²) in [5, 5.41) is 0. The van der Waals surface area contributed by atoms with Crippen molar-refractivity contribution in [2.24, 2.45) is 5.73 Å². The average molecular weight is 281 g/mol. The van der Waals surface area contributed by atoms with E-state index in [-0.39, 0.29) is 6.04 Å². The van der Waals surface area contributed by atoms with Gasteiger partial charge in [0.25, 0.3) is 0 Å². The molecule has 2 rings (SSSR count). The first-order valence-electron chi connectivity index (χ1n) is 7.95. The van der Waals surface area contributed by atoms with Crippen molar-refractivity contribution in [1.82, 2.24) is 0 Å². The maximum absolute atomic E-state index is 6.30. The molecule has 112 valence electrons. The molecule has 0 fully saturated rings. The van der Waals surface area contributed by atoms with E-state index in [4.69, 9.17) is 5.73 Å². The van der Waals surface area contributed by atoms with Crippen LogP contribution in [0.5, 0.6) is 0 Å². The molecule has 0 aliphatic rings. The first-order valence-corrected chi connectivity index (χ1v) is 7.95. The molecule has 0 bridgehead atoms. The van der Waals surface area contributed by atoms with Gasteiger partial charge in [-0.2, -0.15) is 0 Å². The fourth-order valence-corrected chi connectivity index (χ4v) is 2.67. The van der Waals surface area contributed by atoms with Crippen molar-refractivity contribution in [3.63, 3.8) is 0 Å². The molecule has 0 spiro atoms. The zero-order valence-electron chi connectivity index (χ0n) is 13.5. The molecule has 0 heterocycles. The normalized spacial score (nSPS) is 12.6. The van der Waals surface area contributed by atoms with Crippen molar-refractivity contribution in [3.05, 3.63) is 70.8 Å². The Hall–Kier alpha value is -1.60. The quantitative estimate of drug-likeness (QED) is 0.821. The molecule has 21 heavy (non-hydrogen) atoms. The number of benzene rings is 2. The van der Waals surface area contributed by atoms with Gasteiger partial charge in [-0.15, -0.1) is 0 Å². The molecular formula is C20H27N. The topological polar surface area (TPSA) is 26.0 Å². The Bertz CT molecular complexity index is 554. The second kappa shape index (κ2) is 7.42. The van der Waals surface area contributed by atoms with Crippen LogP contribution in [-0.2, 0) is 12.8 Å². The predicted octanol–water partition coefficient (Wildman–Crippen LogP) is 4.62. The number of rotatable bonds is 6. The fourth-order valence-electron chi connectivity index (χ4n) is 2.67. The summed E-state index contributed by atoms with van der Waals surface area (Å²) in [6, 6.07) is 17.7. The minimum Gasteiger partial charge on any atom is -0.327 e. The van der Waals surface area contributed by atoms with E-state index in [0.717, 1.165) is 19.3 Å². The minimum atomic E-state index is 0.231. The van der Waals surface area contributed by atoms with E-state index in [1.54, 1.807) is 0 Å². The minimum absolute atomic E-state index is 0.231. The highest BCUT2D eigenvalue weighted by Gasteiger charge is 2.07. The molecule has 2 N–H and O–H groups in total. The van der Waals surface area contributed by atoms with Gasteiger partial charge in [-0.25, -0.2) is 0 Å². The Morgan fingerprint density at radius 2 is 1.62 bits per heavy atom. The maximum Gasteiger partial charge on any atom is 0.00824 e. The highest BCUT2D eigenvalue weighted by molar-refractivity contribution is 5.27. The van der Waals surface area contributed by atoms with Crippen molar-refractivity contribution >= 4 is 0 Å². The first kappa shape index (κ1) is 15.8. The maximum atomic E-state index is 6.30. The van der Waals surface area contributed by atoms with E-state index in [1.807, 2.05) is 0 Å². The molecule has 0 radical (unpaired) electrons. The van der Waals surface area contributed by atoms with Crippen LogP contribution in [0.2, 0.25) is 0 Å². The Kier molecular flexibility index (Phi) is 5.58. The van der Waals surface area contributed by atoms with Crippen LogP contribution in [0.4, 0.5) is 0 Å². The largest absolute Gasteiger partial charge is 0.327 e. The molecule has 0 aliphatic heterocycles. The highest BCUT2D eigenvalue weighted by atomic mass is 14.6. The van der Waals surface area contributed by atoms with Crippen molar-refractivity contribution in [3.8, 4) is 0 Å². The smallest absolute Gasteiger partial charge is 0.00824 e. The summed E-state index contributed by atoms with van der Waals surface area (Å²) in [4.78, 5) is 0. The molecule has 0 amide bonds. The lowest BCUT2D eigenvalue weighted by Crippen LogP contribution is -2.23. The monoisotopic (exact) mass is 281 g/mol. The van der Waals surface area contributed by atoms with E-state index >= 15 is 0 Å². The van der Waals surface area contributed by atoms with Crippen LogP contribution < -0.4 is 5.73 Å². The van der Waals surface area contributed by atoms with E-state index in [9.17, 15) is 0 Å². The molecule has 0 aliphatic carbocycles. The zero-order valence-corrected chi connectivity index (χ0v) is 13.5. The summed E-state index contributed by atoms with van der Waals surface area (Å²) < 4.78 is 0. The summed E-state index contributed by atoms with van der Waals surface area (Å²) in [6.07, 6.45) is 3.07. The molecule has 1 nitrogen and oxygen atoms in total. The number of hydrogen-bond donors (Lipinski definition) is 1. The van der Waals surface area contributed by atoms with Crippen LogP contribution in [0.15, 0.2) is 48.5 Å². The molecule has 1 heteroatoms. The summed E-state index contributed by atoms with van der Waals surface area (Å²) >= 11 is 0. The molecule has 1 atom stereocenters. The lowest BCUT2D eigenvalue weighted by Gasteiger charge is -2.13. The predicted molar refractivity (Wildman–Crippen MR) is 91.7 cm³/mol. The first-order chi connectivity index (χ1) is 10.1. The lowest BCUT2D eigenvalue weighted by atomic mass is 9.96. The number of hydrogen-bond acceptors (Lipinski definition) is 1. The van der Waals surface area contributed by atoms with Gasteiger partial charge in [-0.3, -0.25) is 0 Å². The van der Waals surface area contributed by atoms with E-state index in [1.165, 1.54) is 22.3 Å². The fraction of sp³-hybridized carbons (Fsp3) is 0.400. The highest BCUT2D eigenvalue weighted by Crippen LogP contribution is 2.16. The van der Waals surface area contributed by atoms with Gasteiger partial charge in [-0.1, -0.05) is 62.4 Å². The van der Waals surface area contributed by atoms with Crippen molar-refractivity contribution in [1.29, 1.82) is 0 Å². The zero-order chi connectivity index (χ0) is 15.2. The molecule has 0 saturated heterocycles. The van der Waals surface area contributed by atoms with E-state index in [2.05, 4.69) is 69.3 Å². The van der Waals surface area contributed by atoms with Gasteiger partial charge in [0.1, 0.15) is 0 Å². The lowest BCUT2D eigenvalue weighted by molar-refractivity contribution is 0.609. The SMILES string of the molecule is Cc1ccccc1CCC(N)Cc1ccc(C(C)C)cc1. The van der Waals surface area contributed by atoms with Crippen LogP contribution in [0, 0.1) is 6.92 Å². The van der Waals surface area contributed by atoms with Crippen LogP contribution in [-0.4, -0.2) is 6.04 Å². The summed E-state index contributed by atoms with van der Waals surface area (Å²) in [5.74, 6) is 0.591. The Labute approximate surface area is 129 Å². The third-order valence-corrected chi connectivity index (χ3v) is 4.19. The van der Waals surface area contributed by atoms with Crippen LogP contribution in [0.25, 0.3) is 0 Å². The summed E-state index contributed by atoms with van der Waals surface area (Å²) in [5.41, 5.74) is 11.8. The van der Waals surface area contributed by atoms with Gasteiger partial charge in [0.15, 0.2) is 0 Å². The van der Waals surface area contributed by atoms with Crippen LogP contribution >= 0.6 is 0 Å². The average Bonchev–Trinajstić information content (AvgIpc) is 2.47. The van der Waals surface area contributed by atoms with Gasteiger partial charge in [0.05, 0.1) is 0 Å². The van der Waals surface area contributed by atoms with E-state index < -0.39 is 0 Å². The van der Waals surface area contributed by atoms with Gasteiger partial charge in [-0.05, 0) is 54.4 Å². The van der Waals surface area contributed by atoms with Gasteiger partial charge < -0.3 is 5.73 Å². The Morgan fingerprint density at radius 3 is 2.24 bits per heavy atom. The Balaban J connectivity index is 1.87. The molecule has 1 unspecified atom stereocenters. The molecule has 2 aromatic carbocycles. The molecule has 0 saturated carbocycles. The van der Waals surface area contributed by atoms with Crippen LogP contribution in [0.1, 0.15) is 48.4 Å². The van der Waals surface area contributed by atoms with Gasteiger partial charge >= 0.3 is 0 Å². The molecule has 0 aromatic heterocycles. The van der Waals surface area contributed by atoms with E-state index in [0.29, 0.717) is 5.92 Å². The number of aryl methyl sites for hydroxylation is 2. The van der Waals surface area contributed by atoms with Gasteiger partial charge in [0, 0.05) is 6.04 Å². The second-order valence-electron chi connectivity index (χ2n) is 6.33. The third-order valence-electron chi connectivity index (χ3n) is 4.19. The third kappa shape index (κ3) is 4.71. The van der Waals surface area contributed by atoms with Crippen molar-refractivity contribution < 1.29 is 0 Å². The number of nitrogens with two attached hydrogens (primary N) is 1. The van der Waals surface area contributed by atoms with Crippen molar-refractivity contribution in [2.45, 2.75) is 52.0 Å². The second-order valence-corrected chi connectivity index (χ2v) is 6.33. The Morgan fingerprint density at radius 1 is 0.952 bits per heavy atom.